The van der Waals surface area contributed by atoms with Crippen LogP contribution in [0.4, 0.5) is 5.95 Å². The van der Waals surface area contributed by atoms with Crippen LogP contribution in [0.25, 0.3) is 0 Å². The molecule has 1 aromatic carbocycles. The standard InChI is InChI=1S/C19H24N4O/c1-19(2)10-8-16(14-6-3-4-7-15(14)19)23-17(24)9-13-22-18-20-11-5-12-21-18/h3-7,11-12,16H,8-10,13H2,1-2H3,(H,23,24)(H,20,21,22)/t16-/m1/s1. The quantitative estimate of drug-likeness (QED) is 0.886. The lowest BCUT2D eigenvalue weighted by Crippen LogP contribution is -2.36. The van der Waals surface area contributed by atoms with Crippen LogP contribution in [0.1, 0.15) is 50.3 Å². The number of nitrogens with one attached hydrogen (secondary N) is 2. The van der Waals surface area contributed by atoms with Crippen LogP contribution in [0.3, 0.4) is 0 Å². The van der Waals surface area contributed by atoms with Crippen molar-refractivity contribution in [2.24, 2.45) is 0 Å². The highest BCUT2D eigenvalue weighted by Crippen LogP contribution is 2.41. The molecule has 0 fully saturated rings. The van der Waals surface area contributed by atoms with Crippen LogP contribution >= 0.6 is 0 Å². The lowest BCUT2D eigenvalue weighted by atomic mass is 9.71. The summed E-state index contributed by atoms with van der Waals surface area (Å²) in [4.78, 5) is 20.4. The van der Waals surface area contributed by atoms with Crippen molar-refractivity contribution >= 4 is 11.9 Å². The molecule has 3 rings (SSSR count). The number of anilines is 1. The Morgan fingerprint density at radius 3 is 2.75 bits per heavy atom. The van der Waals surface area contributed by atoms with E-state index < -0.39 is 0 Å². The SMILES string of the molecule is CC1(C)CC[C@@H](NC(=O)CCNc2ncccn2)c2ccccc21. The van der Waals surface area contributed by atoms with Crippen LogP contribution in [0.2, 0.25) is 0 Å². The largest absolute Gasteiger partial charge is 0.354 e. The van der Waals surface area contributed by atoms with Crippen molar-refractivity contribution in [2.75, 3.05) is 11.9 Å². The summed E-state index contributed by atoms with van der Waals surface area (Å²) in [5, 5.41) is 6.24. The molecule has 0 radical (unpaired) electrons. The molecule has 1 aliphatic carbocycles. The minimum Gasteiger partial charge on any atom is -0.354 e. The van der Waals surface area contributed by atoms with Gasteiger partial charge in [-0.05, 0) is 35.4 Å². The van der Waals surface area contributed by atoms with Crippen LogP contribution in [0.15, 0.2) is 42.7 Å². The Kier molecular flexibility index (Phi) is 4.79. The summed E-state index contributed by atoms with van der Waals surface area (Å²) in [5.74, 6) is 0.605. The minimum atomic E-state index is 0.0536. The summed E-state index contributed by atoms with van der Waals surface area (Å²) in [7, 11) is 0. The van der Waals surface area contributed by atoms with Crippen LogP contribution in [0.5, 0.6) is 0 Å². The van der Waals surface area contributed by atoms with E-state index in [1.165, 1.54) is 11.1 Å². The Morgan fingerprint density at radius 1 is 1.21 bits per heavy atom. The van der Waals surface area contributed by atoms with E-state index in [-0.39, 0.29) is 17.4 Å². The lowest BCUT2D eigenvalue weighted by molar-refractivity contribution is -0.121. The molecule has 0 bridgehead atoms. The molecular formula is C19H24N4O. The molecule has 1 aliphatic rings. The van der Waals surface area contributed by atoms with Crippen molar-refractivity contribution in [2.45, 2.75) is 44.6 Å². The smallest absolute Gasteiger partial charge is 0.222 e. The summed E-state index contributed by atoms with van der Waals surface area (Å²) in [6.45, 7) is 5.07. The van der Waals surface area contributed by atoms with Gasteiger partial charge in [0.15, 0.2) is 0 Å². The highest BCUT2D eigenvalue weighted by molar-refractivity contribution is 5.77. The first kappa shape index (κ1) is 16.4. The maximum absolute atomic E-state index is 12.3. The molecule has 1 aromatic heterocycles. The second-order valence-corrected chi connectivity index (χ2v) is 6.88. The van der Waals surface area contributed by atoms with E-state index in [0.717, 1.165) is 12.8 Å². The molecule has 2 aromatic rings. The number of carbonyl (C=O) groups is 1. The first-order chi connectivity index (χ1) is 11.6. The fraction of sp³-hybridized carbons (Fsp3) is 0.421. The number of hydrogen-bond acceptors (Lipinski definition) is 4. The van der Waals surface area contributed by atoms with Crippen molar-refractivity contribution in [1.29, 1.82) is 0 Å². The third-order valence-electron chi connectivity index (χ3n) is 4.66. The number of carbonyl (C=O) groups excluding carboxylic acids is 1. The lowest BCUT2D eigenvalue weighted by Gasteiger charge is -2.37. The molecule has 0 saturated carbocycles. The van der Waals surface area contributed by atoms with Crippen molar-refractivity contribution < 1.29 is 4.79 Å². The van der Waals surface area contributed by atoms with Crippen LogP contribution in [0, 0.1) is 0 Å². The Morgan fingerprint density at radius 2 is 1.96 bits per heavy atom. The summed E-state index contributed by atoms with van der Waals surface area (Å²) < 4.78 is 0. The number of aromatic nitrogens is 2. The number of fused-ring (bicyclic) bond motifs is 1. The van der Waals surface area contributed by atoms with Crippen LogP contribution < -0.4 is 10.6 Å². The maximum atomic E-state index is 12.3. The molecule has 2 N–H and O–H groups in total. The molecule has 5 heteroatoms. The van der Waals surface area contributed by atoms with E-state index in [9.17, 15) is 4.79 Å². The number of amides is 1. The van der Waals surface area contributed by atoms with Crippen LogP contribution in [-0.4, -0.2) is 22.4 Å². The van der Waals surface area contributed by atoms with Gasteiger partial charge in [0.2, 0.25) is 11.9 Å². The first-order valence-corrected chi connectivity index (χ1v) is 8.46. The molecule has 0 spiro atoms. The summed E-state index contributed by atoms with van der Waals surface area (Å²) in [5.41, 5.74) is 2.77. The van der Waals surface area contributed by atoms with Gasteiger partial charge in [0.05, 0.1) is 6.04 Å². The molecule has 0 saturated heterocycles. The van der Waals surface area contributed by atoms with E-state index in [1.807, 2.05) is 6.07 Å². The third kappa shape index (κ3) is 3.72. The number of hydrogen-bond donors (Lipinski definition) is 2. The molecular weight excluding hydrogens is 300 g/mol. The van der Waals surface area contributed by atoms with E-state index >= 15 is 0 Å². The molecule has 1 heterocycles. The Hall–Kier alpha value is -2.43. The van der Waals surface area contributed by atoms with Crippen molar-refractivity contribution in [1.82, 2.24) is 15.3 Å². The number of nitrogens with zero attached hydrogens (tertiary/aromatic N) is 2. The molecule has 0 unspecified atom stereocenters. The van der Waals surface area contributed by atoms with E-state index in [0.29, 0.717) is 18.9 Å². The second kappa shape index (κ2) is 6.99. The summed E-state index contributed by atoms with van der Waals surface area (Å²) in [6.07, 6.45) is 5.81. The molecule has 24 heavy (non-hydrogen) atoms. The first-order valence-electron chi connectivity index (χ1n) is 8.46. The predicted octanol–water partition coefficient (Wildman–Crippen LogP) is 3.21. The van der Waals surface area contributed by atoms with Crippen molar-refractivity contribution in [3.05, 3.63) is 53.9 Å². The minimum absolute atomic E-state index is 0.0536. The zero-order chi connectivity index (χ0) is 17.0. The molecule has 126 valence electrons. The van der Waals surface area contributed by atoms with Gasteiger partial charge in [-0.25, -0.2) is 9.97 Å². The third-order valence-corrected chi connectivity index (χ3v) is 4.66. The average Bonchev–Trinajstić information content (AvgIpc) is 2.59. The molecule has 5 nitrogen and oxygen atoms in total. The van der Waals surface area contributed by atoms with Crippen LogP contribution in [-0.2, 0) is 10.2 Å². The summed E-state index contributed by atoms with van der Waals surface area (Å²) in [6, 6.07) is 10.3. The molecule has 0 aliphatic heterocycles. The van der Waals surface area contributed by atoms with Gasteiger partial charge < -0.3 is 10.6 Å². The van der Waals surface area contributed by atoms with Gasteiger partial charge in [0.1, 0.15) is 0 Å². The fourth-order valence-electron chi connectivity index (χ4n) is 3.31. The van der Waals surface area contributed by atoms with Crippen molar-refractivity contribution in [3.8, 4) is 0 Å². The van der Waals surface area contributed by atoms with Crippen molar-refractivity contribution in [3.63, 3.8) is 0 Å². The van der Waals surface area contributed by atoms with Gasteiger partial charge in [-0.1, -0.05) is 38.1 Å². The normalized spacial score (nSPS) is 18.5. The van der Waals surface area contributed by atoms with E-state index in [2.05, 4.69) is 52.6 Å². The Labute approximate surface area is 142 Å². The Balaban J connectivity index is 1.57. The highest BCUT2D eigenvalue weighted by Gasteiger charge is 2.32. The topological polar surface area (TPSA) is 66.9 Å². The summed E-state index contributed by atoms with van der Waals surface area (Å²) >= 11 is 0. The fourth-order valence-corrected chi connectivity index (χ4v) is 3.31. The second-order valence-electron chi connectivity index (χ2n) is 6.88. The number of benzene rings is 1. The predicted molar refractivity (Wildman–Crippen MR) is 94.7 cm³/mol. The van der Waals surface area contributed by atoms with Gasteiger partial charge in [-0.3, -0.25) is 4.79 Å². The zero-order valence-electron chi connectivity index (χ0n) is 14.2. The molecule has 1 amide bonds. The van der Waals surface area contributed by atoms with Gasteiger partial charge in [0, 0.05) is 25.4 Å². The molecule has 1 atom stereocenters. The highest BCUT2D eigenvalue weighted by atomic mass is 16.1. The monoisotopic (exact) mass is 324 g/mol. The number of rotatable bonds is 5. The zero-order valence-corrected chi connectivity index (χ0v) is 14.2. The average molecular weight is 324 g/mol. The maximum Gasteiger partial charge on any atom is 0.222 e. The Bertz CT molecular complexity index is 700. The van der Waals surface area contributed by atoms with E-state index in [1.54, 1.807) is 18.5 Å². The van der Waals surface area contributed by atoms with Gasteiger partial charge in [-0.2, -0.15) is 0 Å². The van der Waals surface area contributed by atoms with E-state index in [4.69, 9.17) is 0 Å². The van der Waals surface area contributed by atoms with Gasteiger partial charge in [0.25, 0.3) is 0 Å². The van der Waals surface area contributed by atoms with Gasteiger partial charge in [-0.15, -0.1) is 0 Å². The van der Waals surface area contributed by atoms with Gasteiger partial charge >= 0.3 is 0 Å².